The van der Waals surface area contributed by atoms with Crippen molar-refractivity contribution in [2.75, 3.05) is 26.7 Å². The monoisotopic (exact) mass is 458 g/mol. The number of nitrogens with one attached hydrogen (secondary N) is 1. The summed E-state index contributed by atoms with van der Waals surface area (Å²) in [5.74, 6) is 1.48. The molecule has 32 heavy (non-hydrogen) atoms. The molecule has 2 atom stereocenters. The Morgan fingerprint density at radius 1 is 1.19 bits per heavy atom. The fourth-order valence-electron chi connectivity index (χ4n) is 5.15. The molecule has 2 N–H and O–H groups in total. The lowest BCUT2D eigenvalue weighted by atomic mass is 9.78. The minimum Gasteiger partial charge on any atom is -0.497 e. The van der Waals surface area contributed by atoms with Crippen molar-refractivity contribution in [3.05, 3.63) is 58.6 Å². The van der Waals surface area contributed by atoms with Crippen LogP contribution >= 0.6 is 11.6 Å². The van der Waals surface area contributed by atoms with Gasteiger partial charge in [-0.05, 0) is 55.2 Å². The molecule has 1 aliphatic carbocycles. The van der Waals surface area contributed by atoms with Gasteiger partial charge in [-0.15, -0.1) is 0 Å². The number of nitrogens with zero attached hydrogens (tertiary/aromatic N) is 1. The number of ether oxygens (including phenoxy) is 2. The van der Waals surface area contributed by atoms with Crippen molar-refractivity contribution >= 4 is 11.6 Å². The summed E-state index contributed by atoms with van der Waals surface area (Å²) in [7, 11) is 1.66. The second kappa shape index (κ2) is 10.4. The minimum atomic E-state index is -0.600. The Bertz CT molecular complexity index is 900. The van der Waals surface area contributed by atoms with E-state index in [1.54, 1.807) is 7.11 Å². The van der Waals surface area contributed by atoms with Crippen molar-refractivity contribution in [1.82, 2.24) is 10.2 Å². The van der Waals surface area contributed by atoms with Crippen molar-refractivity contribution < 1.29 is 14.6 Å². The Hall–Kier alpha value is -1.79. The van der Waals surface area contributed by atoms with E-state index in [2.05, 4.69) is 23.2 Å². The van der Waals surface area contributed by atoms with Crippen LogP contribution in [0.4, 0.5) is 0 Å². The predicted molar refractivity (Wildman–Crippen MR) is 129 cm³/mol. The quantitative estimate of drug-likeness (QED) is 0.614. The third-order valence-electron chi connectivity index (χ3n) is 7.15. The molecule has 2 aromatic carbocycles. The maximum atomic E-state index is 11.4. The summed E-state index contributed by atoms with van der Waals surface area (Å²) in [6.45, 7) is 5.32. The fourth-order valence-corrected chi connectivity index (χ4v) is 5.39. The van der Waals surface area contributed by atoms with Crippen molar-refractivity contribution in [3.8, 4) is 11.5 Å². The lowest BCUT2D eigenvalue weighted by Crippen LogP contribution is -2.58. The molecule has 0 radical (unpaired) electrons. The second-order valence-electron chi connectivity index (χ2n) is 9.13. The Balaban J connectivity index is 1.47. The highest BCUT2D eigenvalue weighted by Gasteiger charge is 2.41. The highest BCUT2D eigenvalue weighted by atomic mass is 35.5. The molecule has 5 nitrogen and oxygen atoms in total. The number of benzene rings is 2. The van der Waals surface area contributed by atoms with E-state index >= 15 is 0 Å². The third-order valence-corrected chi connectivity index (χ3v) is 7.44. The molecule has 1 saturated carbocycles. The smallest absolute Gasteiger partial charge is 0.138 e. The predicted octanol–water partition coefficient (Wildman–Crippen LogP) is 4.96. The number of hydrogen-bond donors (Lipinski definition) is 2. The summed E-state index contributed by atoms with van der Waals surface area (Å²) in [4.78, 5) is 2.46. The van der Waals surface area contributed by atoms with Crippen molar-refractivity contribution in [2.24, 2.45) is 0 Å². The van der Waals surface area contributed by atoms with Crippen LogP contribution in [-0.2, 0) is 6.61 Å². The molecule has 0 bridgehead atoms. The minimum absolute atomic E-state index is 0.109. The summed E-state index contributed by atoms with van der Waals surface area (Å²) >= 11 is 6.64. The second-order valence-corrected chi connectivity index (χ2v) is 9.54. The lowest BCUT2D eigenvalue weighted by molar-refractivity contribution is -0.0818. The van der Waals surface area contributed by atoms with Crippen molar-refractivity contribution in [3.63, 3.8) is 0 Å². The molecular weight excluding hydrogens is 424 g/mol. The number of hydrogen-bond acceptors (Lipinski definition) is 5. The Morgan fingerprint density at radius 2 is 2.00 bits per heavy atom. The Morgan fingerprint density at radius 3 is 2.75 bits per heavy atom. The summed E-state index contributed by atoms with van der Waals surface area (Å²) in [6.07, 6.45) is 5.24. The number of aliphatic hydroxyl groups is 1. The number of rotatable bonds is 7. The summed E-state index contributed by atoms with van der Waals surface area (Å²) in [5.41, 5.74) is 1.58. The first-order chi connectivity index (χ1) is 15.5. The molecule has 2 aliphatic rings. The maximum absolute atomic E-state index is 11.4. The number of methoxy groups -OCH3 is 1. The molecule has 1 aliphatic heterocycles. The van der Waals surface area contributed by atoms with Gasteiger partial charge in [-0.3, -0.25) is 4.90 Å². The van der Waals surface area contributed by atoms with Crippen LogP contribution in [0.2, 0.25) is 5.02 Å². The van der Waals surface area contributed by atoms with Crippen LogP contribution in [0.3, 0.4) is 0 Å². The van der Waals surface area contributed by atoms with Gasteiger partial charge in [0.25, 0.3) is 0 Å². The largest absolute Gasteiger partial charge is 0.497 e. The van der Waals surface area contributed by atoms with Gasteiger partial charge in [-0.1, -0.05) is 49.1 Å². The zero-order valence-corrected chi connectivity index (χ0v) is 19.9. The van der Waals surface area contributed by atoms with Gasteiger partial charge in [0, 0.05) is 31.7 Å². The van der Waals surface area contributed by atoms with Crippen LogP contribution in [-0.4, -0.2) is 48.4 Å². The first-order valence-electron chi connectivity index (χ1n) is 11.7. The Labute approximate surface area is 196 Å². The van der Waals surface area contributed by atoms with Crippen LogP contribution in [0.5, 0.6) is 11.5 Å². The fraction of sp³-hybridized carbons (Fsp3) is 0.538. The first-order valence-corrected chi connectivity index (χ1v) is 12.1. The average molecular weight is 459 g/mol. The van der Waals surface area contributed by atoms with E-state index in [0.29, 0.717) is 17.4 Å². The van der Waals surface area contributed by atoms with Crippen LogP contribution < -0.4 is 14.8 Å². The molecule has 0 amide bonds. The van der Waals surface area contributed by atoms with Crippen molar-refractivity contribution in [1.29, 1.82) is 0 Å². The van der Waals surface area contributed by atoms with E-state index in [-0.39, 0.29) is 12.1 Å². The summed E-state index contributed by atoms with van der Waals surface area (Å²) < 4.78 is 11.3. The molecule has 1 saturated heterocycles. The van der Waals surface area contributed by atoms with Gasteiger partial charge in [-0.25, -0.2) is 0 Å². The normalized spacial score (nSPS) is 22.3. The van der Waals surface area contributed by atoms with Gasteiger partial charge in [0.1, 0.15) is 18.1 Å². The van der Waals surface area contributed by atoms with Gasteiger partial charge in [-0.2, -0.15) is 0 Å². The molecule has 0 spiro atoms. The first kappa shape index (κ1) is 23.4. The van der Waals surface area contributed by atoms with Crippen LogP contribution in [0.15, 0.2) is 42.5 Å². The van der Waals surface area contributed by atoms with Gasteiger partial charge < -0.3 is 19.9 Å². The van der Waals surface area contributed by atoms with Crippen LogP contribution in [0.1, 0.15) is 56.2 Å². The molecule has 4 rings (SSSR count). The van der Waals surface area contributed by atoms with Gasteiger partial charge >= 0.3 is 0 Å². The van der Waals surface area contributed by atoms with E-state index in [9.17, 15) is 5.11 Å². The zero-order valence-electron chi connectivity index (χ0n) is 19.1. The average Bonchev–Trinajstić information content (AvgIpc) is 2.83. The molecule has 2 aromatic rings. The molecule has 2 unspecified atom stereocenters. The topological polar surface area (TPSA) is 54.0 Å². The highest BCUT2D eigenvalue weighted by Crippen LogP contribution is 2.38. The van der Waals surface area contributed by atoms with E-state index < -0.39 is 5.60 Å². The van der Waals surface area contributed by atoms with E-state index in [4.69, 9.17) is 21.1 Å². The van der Waals surface area contributed by atoms with Crippen LogP contribution in [0.25, 0.3) is 0 Å². The number of halogens is 1. The Kier molecular flexibility index (Phi) is 7.62. The molecular formula is C26H35ClN2O3. The third kappa shape index (κ3) is 5.23. The number of piperazine rings is 1. The molecule has 0 aromatic heterocycles. The van der Waals surface area contributed by atoms with Gasteiger partial charge in [0.15, 0.2) is 0 Å². The maximum Gasteiger partial charge on any atom is 0.138 e. The molecule has 1 heterocycles. The standard InChI is InChI=1S/C26H35ClN2O3/c1-19(26(30)11-4-3-5-12-26)29-14-13-28-17-24(29)21-9-10-25(23(27)16-21)32-18-20-7-6-8-22(15-20)31-2/h6-10,15-16,19,24,28,30H,3-5,11-14,17-18H2,1-2H3. The summed E-state index contributed by atoms with van der Waals surface area (Å²) in [6, 6.07) is 14.2. The van der Waals surface area contributed by atoms with E-state index in [1.165, 1.54) is 6.42 Å². The highest BCUT2D eigenvalue weighted by molar-refractivity contribution is 6.32. The van der Waals surface area contributed by atoms with Crippen LogP contribution in [0, 0.1) is 0 Å². The van der Waals surface area contributed by atoms with Gasteiger partial charge in [0.2, 0.25) is 0 Å². The van der Waals surface area contributed by atoms with E-state index in [0.717, 1.165) is 62.2 Å². The van der Waals surface area contributed by atoms with Gasteiger partial charge in [0.05, 0.1) is 17.7 Å². The zero-order chi connectivity index (χ0) is 22.6. The summed E-state index contributed by atoms with van der Waals surface area (Å²) in [5, 5.41) is 15.5. The van der Waals surface area contributed by atoms with Crippen molar-refractivity contribution in [2.45, 2.75) is 63.3 Å². The molecule has 6 heteroatoms. The SMILES string of the molecule is COc1cccc(COc2ccc(C3CNCCN3C(C)C3(O)CCCCC3)cc2Cl)c1. The van der Waals surface area contributed by atoms with E-state index in [1.807, 2.05) is 36.4 Å². The lowest BCUT2D eigenvalue weighted by Gasteiger charge is -2.48. The molecule has 174 valence electrons. The molecule has 2 fully saturated rings.